The summed E-state index contributed by atoms with van der Waals surface area (Å²) in [6.07, 6.45) is -4.53. The minimum absolute atomic E-state index is 0.0109. The topological polar surface area (TPSA) is 87.3 Å². The Bertz CT molecular complexity index is 1190. The van der Waals surface area contributed by atoms with Gasteiger partial charge in [0.15, 0.2) is 0 Å². The fourth-order valence-electron chi connectivity index (χ4n) is 3.00. The van der Waals surface area contributed by atoms with Crippen LogP contribution in [0.1, 0.15) is 31.8 Å². The lowest BCUT2D eigenvalue weighted by Crippen LogP contribution is -2.33. The Morgan fingerprint density at radius 2 is 1.45 bits per heavy atom. The standard InChI is InChI=1S/C24H20F3N3O3/c1-15-6-2-3-11-20(15)23(33)28-14-21(31)29-18-9-4-7-16(12-18)22(32)30-19-10-5-8-17(13-19)24(25,26)27/h2-13H,14H2,1H3,(H,28,33)(H,29,31)(H,30,32). The van der Waals surface area contributed by atoms with Crippen molar-refractivity contribution in [3.05, 3.63) is 95.1 Å². The number of nitrogens with one attached hydrogen (secondary N) is 3. The highest BCUT2D eigenvalue weighted by atomic mass is 19.4. The molecule has 6 nitrogen and oxygen atoms in total. The second-order valence-corrected chi connectivity index (χ2v) is 7.16. The third kappa shape index (κ3) is 6.42. The van der Waals surface area contributed by atoms with E-state index >= 15 is 0 Å². The van der Waals surface area contributed by atoms with Gasteiger partial charge in [-0.05, 0) is 55.0 Å². The monoisotopic (exact) mass is 455 g/mol. The van der Waals surface area contributed by atoms with Crippen molar-refractivity contribution in [3.63, 3.8) is 0 Å². The lowest BCUT2D eigenvalue weighted by Gasteiger charge is -2.11. The normalized spacial score (nSPS) is 10.9. The minimum Gasteiger partial charge on any atom is -0.343 e. The quantitative estimate of drug-likeness (QED) is 0.506. The predicted octanol–water partition coefficient (Wildman–Crippen LogP) is 4.63. The van der Waals surface area contributed by atoms with Crippen molar-refractivity contribution in [2.75, 3.05) is 17.2 Å². The number of alkyl halides is 3. The van der Waals surface area contributed by atoms with Crippen LogP contribution < -0.4 is 16.0 Å². The van der Waals surface area contributed by atoms with Gasteiger partial charge in [0, 0.05) is 22.5 Å². The fourth-order valence-corrected chi connectivity index (χ4v) is 3.00. The highest BCUT2D eigenvalue weighted by Crippen LogP contribution is 2.30. The van der Waals surface area contributed by atoms with Gasteiger partial charge in [-0.3, -0.25) is 14.4 Å². The van der Waals surface area contributed by atoms with Crippen LogP contribution in [0.25, 0.3) is 0 Å². The molecule has 0 saturated carbocycles. The Labute approximate surface area is 187 Å². The lowest BCUT2D eigenvalue weighted by atomic mass is 10.1. The smallest absolute Gasteiger partial charge is 0.343 e. The highest BCUT2D eigenvalue weighted by Gasteiger charge is 2.30. The number of carbonyl (C=O) groups is 3. The number of benzene rings is 3. The summed E-state index contributed by atoms with van der Waals surface area (Å²) in [5.74, 6) is -1.54. The van der Waals surface area contributed by atoms with Gasteiger partial charge in [0.1, 0.15) is 0 Å². The molecule has 0 atom stereocenters. The van der Waals surface area contributed by atoms with Gasteiger partial charge < -0.3 is 16.0 Å². The maximum Gasteiger partial charge on any atom is 0.416 e. The van der Waals surface area contributed by atoms with Crippen LogP contribution in [0.4, 0.5) is 24.5 Å². The summed E-state index contributed by atoms with van der Waals surface area (Å²) in [5.41, 5.74) is 0.765. The molecule has 0 spiro atoms. The molecule has 0 heterocycles. The molecule has 0 saturated heterocycles. The Hall–Kier alpha value is -4.14. The molecule has 0 aliphatic carbocycles. The number of halogens is 3. The molecule has 0 radical (unpaired) electrons. The zero-order chi connectivity index (χ0) is 24.0. The Kier molecular flexibility index (Phi) is 7.12. The molecule has 170 valence electrons. The maximum absolute atomic E-state index is 12.9. The first-order valence-electron chi connectivity index (χ1n) is 9.86. The Balaban J connectivity index is 1.60. The number of hydrogen-bond donors (Lipinski definition) is 3. The van der Waals surface area contributed by atoms with Crippen LogP contribution in [0.15, 0.2) is 72.8 Å². The van der Waals surface area contributed by atoms with Crippen LogP contribution in [0, 0.1) is 6.92 Å². The highest BCUT2D eigenvalue weighted by molar-refractivity contribution is 6.05. The van der Waals surface area contributed by atoms with Crippen molar-refractivity contribution in [2.45, 2.75) is 13.1 Å². The number of anilines is 2. The number of hydrogen-bond acceptors (Lipinski definition) is 3. The van der Waals surface area contributed by atoms with Crippen LogP contribution in [0.2, 0.25) is 0 Å². The molecule has 9 heteroatoms. The van der Waals surface area contributed by atoms with E-state index in [4.69, 9.17) is 0 Å². The summed E-state index contributed by atoms with van der Waals surface area (Å²) >= 11 is 0. The average Bonchev–Trinajstić information content (AvgIpc) is 2.77. The van der Waals surface area contributed by atoms with E-state index < -0.39 is 29.5 Å². The van der Waals surface area contributed by atoms with Crippen LogP contribution in [0.3, 0.4) is 0 Å². The van der Waals surface area contributed by atoms with Gasteiger partial charge in [-0.1, -0.05) is 30.3 Å². The van der Waals surface area contributed by atoms with Gasteiger partial charge in [0.25, 0.3) is 11.8 Å². The van der Waals surface area contributed by atoms with Crippen LogP contribution in [-0.2, 0) is 11.0 Å². The first-order chi connectivity index (χ1) is 15.6. The largest absolute Gasteiger partial charge is 0.416 e. The van der Waals surface area contributed by atoms with E-state index in [1.807, 2.05) is 0 Å². The van der Waals surface area contributed by atoms with Gasteiger partial charge >= 0.3 is 6.18 Å². The first-order valence-corrected chi connectivity index (χ1v) is 9.86. The molecule has 0 aliphatic heterocycles. The van der Waals surface area contributed by atoms with E-state index in [1.165, 1.54) is 30.3 Å². The number of aryl methyl sites for hydroxylation is 1. The molecular formula is C24H20F3N3O3. The summed E-state index contributed by atoms with van der Waals surface area (Å²) in [6.45, 7) is 1.50. The number of rotatable bonds is 6. The van der Waals surface area contributed by atoms with Gasteiger partial charge in [-0.2, -0.15) is 13.2 Å². The van der Waals surface area contributed by atoms with Crippen molar-refractivity contribution in [3.8, 4) is 0 Å². The van der Waals surface area contributed by atoms with Crippen LogP contribution >= 0.6 is 0 Å². The zero-order valence-electron chi connectivity index (χ0n) is 17.5. The Morgan fingerprint density at radius 1 is 0.788 bits per heavy atom. The molecule has 0 unspecified atom stereocenters. The number of amides is 3. The van der Waals surface area contributed by atoms with E-state index in [0.29, 0.717) is 11.3 Å². The number of carbonyl (C=O) groups excluding carboxylic acids is 3. The molecule has 3 rings (SSSR count). The molecule has 3 N–H and O–H groups in total. The third-order valence-electron chi connectivity index (χ3n) is 4.66. The summed E-state index contributed by atoms with van der Waals surface area (Å²) < 4.78 is 38.6. The van der Waals surface area contributed by atoms with Crippen molar-refractivity contribution in [1.82, 2.24) is 5.32 Å². The fraction of sp³-hybridized carbons (Fsp3) is 0.125. The molecule has 3 aromatic rings. The zero-order valence-corrected chi connectivity index (χ0v) is 17.5. The lowest BCUT2D eigenvalue weighted by molar-refractivity contribution is -0.137. The first kappa shape index (κ1) is 23.5. The van der Waals surface area contributed by atoms with E-state index in [0.717, 1.165) is 17.7 Å². The third-order valence-corrected chi connectivity index (χ3v) is 4.66. The van der Waals surface area contributed by atoms with E-state index in [1.54, 1.807) is 37.3 Å². The summed E-state index contributed by atoms with van der Waals surface area (Å²) in [4.78, 5) is 36.9. The second kappa shape index (κ2) is 9.99. The van der Waals surface area contributed by atoms with Crippen molar-refractivity contribution in [2.24, 2.45) is 0 Å². The van der Waals surface area contributed by atoms with Gasteiger partial charge in [-0.25, -0.2) is 0 Å². The van der Waals surface area contributed by atoms with Crippen LogP contribution in [-0.4, -0.2) is 24.3 Å². The minimum atomic E-state index is -4.53. The molecule has 3 amide bonds. The van der Waals surface area contributed by atoms with Gasteiger partial charge in [0.05, 0.1) is 12.1 Å². The molecule has 3 aromatic carbocycles. The average molecular weight is 455 g/mol. The summed E-state index contributed by atoms with van der Waals surface area (Å²) in [7, 11) is 0. The molecule has 0 fully saturated rings. The van der Waals surface area contributed by atoms with Crippen molar-refractivity contribution >= 4 is 29.1 Å². The second-order valence-electron chi connectivity index (χ2n) is 7.16. The SMILES string of the molecule is Cc1ccccc1C(=O)NCC(=O)Nc1cccc(C(=O)Nc2cccc(C(F)(F)F)c2)c1. The van der Waals surface area contributed by atoms with Gasteiger partial charge in [-0.15, -0.1) is 0 Å². The van der Waals surface area contributed by atoms with E-state index in [-0.39, 0.29) is 17.8 Å². The summed E-state index contributed by atoms with van der Waals surface area (Å²) in [5, 5.41) is 7.50. The maximum atomic E-state index is 12.9. The molecule has 0 aromatic heterocycles. The van der Waals surface area contributed by atoms with E-state index in [9.17, 15) is 27.6 Å². The van der Waals surface area contributed by atoms with Gasteiger partial charge in [0.2, 0.25) is 5.91 Å². The van der Waals surface area contributed by atoms with Crippen molar-refractivity contribution < 1.29 is 27.6 Å². The molecule has 0 aliphatic rings. The molecular weight excluding hydrogens is 435 g/mol. The van der Waals surface area contributed by atoms with E-state index in [2.05, 4.69) is 16.0 Å². The molecule has 0 bridgehead atoms. The molecule has 33 heavy (non-hydrogen) atoms. The van der Waals surface area contributed by atoms with Crippen LogP contribution in [0.5, 0.6) is 0 Å². The van der Waals surface area contributed by atoms with Crippen molar-refractivity contribution in [1.29, 1.82) is 0 Å². The Morgan fingerprint density at radius 3 is 2.15 bits per heavy atom. The predicted molar refractivity (Wildman–Crippen MR) is 118 cm³/mol. The summed E-state index contributed by atoms with van der Waals surface area (Å²) in [6, 6.07) is 17.1.